The highest BCUT2D eigenvalue weighted by atomic mass is 19.4. The van der Waals surface area contributed by atoms with Crippen LogP contribution in [-0.4, -0.2) is 26.6 Å². The molecule has 2 heterocycles. The maximum Gasteiger partial charge on any atom is 0.435 e. The third kappa shape index (κ3) is 4.33. The van der Waals surface area contributed by atoms with Gasteiger partial charge in [0.15, 0.2) is 5.69 Å². The van der Waals surface area contributed by atoms with Crippen molar-refractivity contribution in [1.29, 1.82) is 5.26 Å². The Bertz CT molecular complexity index is 1650. The average molecular weight is 514 g/mol. The number of benzene rings is 2. The summed E-state index contributed by atoms with van der Waals surface area (Å²) >= 11 is 0. The van der Waals surface area contributed by atoms with Crippen LogP contribution in [0.2, 0.25) is 0 Å². The standard InChI is InChI=1S/C24H15F5N6O2/c1-10-16(18-19(22(31)36)17-14(26)3-2-4-15(17)33-20(18)23(32)37)21(24(27,28)29)34-35(10)9-12-7-13(25)6-5-11(12)8-30/h2-7H,9H2,1H3,(H2,31,36)(H2,32,37). The van der Waals surface area contributed by atoms with Crippen molar-refractivity contribution in [2.24, 2.45) is 11.5 Å². The van der Waals surface area contributed by atoms with Gasteiger partial charge < -0.3 is 11.5 Å². The Balaban J connectivity index is 2.13. The normalized spacial score (nSPS) is 11.5. The summed E-state index contributed by atoms with van der Waals surface area (Å²) in [4.78, 5) is 28.8. The SMILES string of the molecule is Cc1c(-c2c(C(N)=O)nc3cccc(F)c3c2C(N)=O)c(C(F)(F)F)nn1Cc1cc(F)ccc1C#N. The molecule has 2 amide bonds. The van der Waals surface area contributed by atoms with Crippen molar-refractivity contribution in [2.75, 3.05) is 0 Å². The molecule has 188 valence electrons. The summed E-state index contributed by atoms with van der Waals surface area (Å²) < 4.78 is 72.1. The van der Waals surface area contributed by atoms with Gasteiger partial charge in [0.25, 0.3) is 5.91 Å². The molecule has 0 saturated carbocycles. The molecule has 0 radical (unpaired) electrons. The predicted molar refractivity (Wildman–Crippen MR) is 120 cm³/mol. The Morgan fingerprint density at radius 2 is 1.78 bits per heavy atom. The maximum atomic E-state index is 14.8. The van der Waals surface area contributed by atoms with Crippen molar-refractivity contribution < 1.29 is 31.5 Å². The molecular weight excluding hydrogens is 499 g/mol. The second-order valence-corrected chi connectivity index (χ2v) is 7.95. The Labute approximate surface area is 204 Å². The van der Waals surface area contributed by atoms with Crippen molar-refractivity contribution in [2.45, 2.75) is 19.6 Å². The average Bonchev–Trinajstić information content (AvgIpc) is 3.14. The van der Waals surface area contributed by atoms with Gasteiger partial charge in [-0.15, -0.1) is 0 Å². The van der Waals surface area contributed by atoms with Crippen LogP contribution in [0.25, 0.3) is 22.0 Å². The molecule has 13 heteroatoms. The molecule has 0 atom stereocenters. The number of carbonyl (C=O) groups is 2. The molecule has 2 aromatic carbocycles. The van der Waals surface area contributed by atoms with E-state index < -0.39 is 69.6 Å². The molecule has 37 heavy (non-hydrogen) atoms. The highest BCUT2D eigenvalue weighted by molar-refractivity contribution is 6.15. The topological polar surface area (TPSA) is 141 Å². The van der Waals surface area contributed by atoms with Crippen LogP contribution in [-0.2, 0) is 12.7 Å². The zero-order valence-electron chi connectivity index (χ0n) is 18.8. The first-order chi connectivity index (χ1) is 17.3. The number of nitriles is 1. The minimum absolute atomic E-state index is 0.0151. The molecular formula is C24H15F5N6O2. The van der Waals surface area contributed by atoms with Crippen molar-refractivity contribution >= 4 is 22.7 Å². The van der Waals surface area contributed by atoms with Gasteiger partial charge in [-0.3, -0.25) is 14.3 Å². The zero-order valence-corrected chi connectivity index (χ0v) is 18.8. The summed E-state index contributed by atoms with van der Waals surface area (Å²) in [6, 6.07) is 8.34. The molecule has 0 saturated heterocycles. The number of rotatable bonds is 5. The lowest BCUT2D eigenvalue weighted by Crippen LogP contribution is -2.22. The van der Waals surface area contributed by atoms with E-state index in [2.05, 4.69) is 10.1 Å². The van der Waals surface area contributed by atoms with Crippen LogP contribution in [0.3, 0.4) is 0 Å². The van der Waals surface area contributed by atoms with Gasteiger partial charge in [-0.05, 0) is 42.8 Å². The lowest BCUT2D eigenvalue weighted by molar-refractivity contribution is -0.141. The molecule has 4 N–H and O–H groups in total. The molecule has 0 unspecified atom stereocenters. The van der Waals surface area contributed by atoms with Gasteiger partial charge in [0, 0.05) is 22.2 Å². The Morgan fingerprint density at radius 3 is 2.38 bits per heavy atom. The van der Waals surface area contributed by atoms with Crippen LogP contribution in [0.5, 0.6) is 0 Å². The summed E-state index contributed by atoms with van der Waals surface area (Å²) in [5, 5.41) is 12.4. The lowest BCUT2D eigenvalue weighted by Gasteiger charge is -2.16. The first kappa shape index (κ1) is 25.2. The van der Waals surface area contributed by atoms with Crippen molar-refractivity contribution in [1.82, 2.24) is 14.8 Å². The molecule has 0 aliphatic rings. The summed E-state index contributed by atoms with van der Waals surface area (Å²) in [5.74, 6) is -4.41. The number of fused-ring (bicyclic) bond motifs is 1. The molecule has 4 rings (SSSR count). The fraction of sp³-hybridized carbons (Fsp3) is 0.125. The van der Waals surface area contributed by atoms with Gasteiger partial charge in [-0.2, -0.15) is 23.5 Å². The van der Waals surface area contributed by atoms with E-state index in [-0.39, 0.29) is 22.3 Å². The predicted octanol–water partition coefficient (Wildman–Crippen LogP) is 3.82. The number of hydrogen-bond donors (Lipinski definition) is 2. The Morgan fingerprint density at radius 1 is 1.08 bits per heavy atom. The van der Waals surface area contributed by atoms with E-state index in [1.165, 1.54) is 19.1 Å². The smallest absolute Gasteiger partial charge is 0.366 e. The number of nitrogens with two attached hydrogens (primary N) is 2. The monoisotopic (exact) mass is 514 g/mol. The fourth-order valence-electron chi connectivity index (χ4n) is 4.10. The number of pyridine rings is 1. The van der Waals surface area contributed by atoms with Crippen LogP contribution >= 0.6 is 0 Å². The highest BCUT2D eigenvalue weighted by Crippen LogP contribution is 2.42. The van der Waals surface area contributed by atoms with E-state index in [1.54, 1.807) is 0 Å². The van der Waals surface area contributed by atoms with Gasteiger partial charge in [0.05, 0.1) is 29.3 Å². The number of amides is 2. The van der Waals surface area contributed by atoms with E-state index in [1.807, 2.05) is 6.07 Å². The van der Waals surface area contributed by atoms with Gasteiger partial charge in [-0.25, -0.2) is 13.8 Å². The van der Waals surface area contributed by atoms with E-state index in [0.717, 1.165) is 28.9 Å². The van der Waals surface area contributed by atoms with Gasteiger partial charge >= 0.3 is 6.18 Å². The third-order valence-corrected chi connectivity index (χ3v) is 5.67. The first-order valence-corrected chi connectivity index (χ1v) is 10.4. The summed E-state index contributed by atoms with van der Waals surface area (Å²) in [6.07, 6.45) is -5.14. The van der Waals surface area contributed by atoms with Crippen LogP contribution in [0.1, 0.15) is 43.4 Å². The quantitative estimate of drug-likeness (QED) is 0.390. The number of nitrogens with zero attached hydrogens (tertiary/aromatic N) is 4. The van der Waals surface area contributed by atoms with Crippen molar-refractivity contribution in [3.05, 3.63) is 81.8 Å². The number of primary amides is 2. The van der Waals surface area contributed by atoms with Crippen LogP contribution in [0.15, 0.2) is 36.4 Å². The molecule has 0 bridgehead atoms. The number of alkyl halides is 3. The van der Waals surface area contributed by atoms with E-state index in [0.29, 0.717) is 0 Å². The minimum Gasteiger partial charge on any atom is -0.366 e. The molecule has 0 fully saturated rings. The van der Waals surface area contributed by atoms with Crippen LogP contribution in [0, 0.1) is 29.9 Å². The summed E-state index contributed by atoms with van der Waals surface area (Å²) in [5.41, 5.74) is 5.81. The summed E-state index contributed by atoms with van der Waals surface area (Å²) in [6.45, 7) is 0.701. The molecule has 2 aromatic heterocycles. The van der Waals surface area contributed by atoms with E-state index in [4.69, 9.17) is 11.5 Å². The fourth-order valence-corrected chi connectivity index (χ4v) is 4.10. The van der Waals surface area contributed by atoms with Gasteiger partial charge in [0.1, 0.15) is 17.3 Å². The lowest BCUT2D eigenvalue weighted by atomic mass is 9.91. The number of aromatic nitrogens is 3. The van der Waals surface area contributed by atoms with Crippen LogP contribution < -0.4 is 11.5 Å². The zero-order chi connectivity index (χ0) is 27.2. The van der Waals surface area contributed by atoms with Gasteiger partial charge in [-0.1, -0.05) is 6.07 Å². The van der Waals surface area contributed by atoms with Crippen molar-refractivity contribution in [3.8, 4) is 17.2 Å². The number of carbonyl (C=O) groups excluding carboxylic acids is 2. The second-order valence-electron chi connectivity index (χ2n) is 7.95. The second kappa shape index (κ2) is 8.98. The molecule has 0 spiro atoms. The molecule has 0 aliphatic carbocycles. The summed E-state index contributed by atoms with van der Waals surface area (Å²) in [7, 11) is 0. The van der Waals surface area contributed by atoms with E-state index >= 15 is 0 Å². The molecule has 8 nitrogen and oxygen atoms in total. The Hall–Kier alpha value is -4.86. The maximum absolute atomic E-state index is 14.8. The molecule has 4 aromatic rings. The van der Waals surface area contributed by atoms with Crippen molar-refractivity contribution in [3.63, 3.8) is 0 Å². The first-order valence-electron chi connectivity index (χ1n) is 10.4. The number of halogens is 5. The van der Waals surface area contributed by atoms with E-state index in [9.17, 15) is 36.8 Å². The van der Waals surface area contributed by atoms with Gasteiger partial charge in [0.2, 0.25) is 5.91 Å². The minimum atomic E-state index is -5.14. The largest absolute Gasteiger partial charge is 0.435 e. The third-order valence-electron chi connectivity index (χ3n) is 5.67. The molecule has 0 aliphatic heterocycles. The number of hydrogen-bond acceptors (Lipinski definition) is 5. The highest BCUT2D eigenvalue weighted by Gasteiger charge is 2.41. The van der Waals surface area contributed by atoms with Crippen LogP contribution in [0.4, 0.5) is 22.0 Å². The Kier molecular flexibility index (Phi) is 6.12.